The fourth-order valence-electron chi connectivity index (χ4n) is 3.44. The highest BCUT2D eigenvalue weighted by molar-refractivity contribution is 6.08. The fourth-order valence-corrected chi connectivity index (χ4v) is 3.44. The molecule has 5 heteroatoms. The molecule has 0 spiro atoms. The molecule has 0 aromatic heterocycles. The van der Waals surface area contributed by atoms with Crippen LogP contribution in [0.2, 0.25) is 0 Å². The molecule has 0 aliphatic heterocycles. The average molecular weight is 431 g/mol. The Morgan fingerprint density at radius 3 is 2.09 bits per heavy atom. The maximum atomic E-state index is 12.5. The van der Waals surface area contributed by atoms with Crippen LogP contribution in [-0.4, -0.2) is 43.8 Å². The van der Waals surface area contributed by atoms with Gasteiger partial charge in [0.15, 0.2) is 12.4 Å². The first-order valence-electron chi connectivity index (χ1n) is 10.8. The van der Waals surface area contributed by atoms with Crippen molar-refractivity contribution in [3.8, 4) is 5.75 Å². The number of ether oxygens (including phenoxy) is 1. The lowest BCUT2D eigenvalue weighted by Gasteiger charge is -2.25. The molecule has 0 saturated heterocycles. The number of rotatable bonds is 10. The van der Waals surface area contributed by atoms with E-state index in [1.54, 1.807) is 36.4 Å². The molecule has 166 valence electrons. The van der Waals surface area contributed by atoms with Crippen LogP contribution in [-0.2, 0) is 11.2 Å². The minimum absolute atomic E-state index is 0.0448. The van der Waals surface area contributed by atoms with Gasteiger partial charge in [0.1, 0.15) is 5.75 Å². The summed E-state index contributed by atoms with van der Waals surface area (Å²) in [6, 6.07) is 24.5. The van der Waals surface area contributed by atoms with Crippen LogP contribution in [0.1, 0.15) is 40.0 Å². The van der Waals surface area contributed by atoms with E-state index in [9.17, 15) is 9.59 Å². The highest BCUT2D eigenvalue weighted by atomic mass is 16.5. The van der Waals surface area contributed by atoms with Gasteiger partial charge in [0.2, 0.25) is 0 Å². The van der Waals surface area contributed by atoms with Gasteiger partial charge in [-0.2, -0.15) is 0 Å². The van der Waals surface area contributed by atoms with Gasteiger partial charge in [-0.15, -0.1) is 0 Å². The summed E-state index contributed by atoms with van der Waals surface area (Å²) in [7, 11) is 4.00. The average Bonchev–Trinajstić information content (AvgIpc) is 2.83. The monoisotopic (exact) mass is 430 g/mol. The van der Waals surface area contributed by atoms with Crippen LogP contribution in [0.5, 0.6) is 5.75 Å². The Morgan fingerprint density at radius 1 is 0.875 bits per heavy atom. The van der Waals surface area contributed by atoms with E-state index < -0.39 is 0 Å². The van der Waals surface area contributed by atoms with Gasteiger partial charge in [0.05, 0.1) is 6.04 Å². The Labute approximate surface area is 190 Å². The summed E-state index contributed by atoms with van der Waals surface area (Å²) < 4.78 is 5.60. The maximum Gasteiger partial charge on any atom is 0.258 e. The number of aryl methyl sites for hydroxylation is 1. The van der Waals surface area contributed by atoms with Gasteiger partial charge >= 0.3 is 0 Å². The van der Waals surface area contributed by atoms with E-state index in [1.807, 2.05) is 32.3 Å². The SMILES string of the molecule is CCc1ccc([C@H](CNC(=O)COc2ccc(C(=O)c3ccccc3)cc2)N(C)C)cc1. The first-order valence-corrected chi connectivity index (χ1v) is 10.8. The lowest BCUT2D eigenvalue weighted by atomic mass is 10.0. The predicted molar refractivity (Wildman–Crippen MR) is 127 cm³/mol. The maximum absolute atomic E-state index is 12.5. The van der Waals surface area contributed by atoms with Gasteiger partial charge in [-0.25, -0.2) is 0 Å². The van der Waals surface area contributed by atoms with Crippen molar-refractivity contribution in [2.24, 2.45) is 0 Å². The number of benzene rings is 3. The molecule has 5 nitrogen and oxygen atoms in total. The normalized spacial score (nSPS) is 11.8. The van der Waals surface area contributed by atoms with Crippen molar-refractivity contribution in [2.75, 3.05) is 27.2 Å². The van der Waals surface area contributed by atoms with E-state index in [4.69, 9.17) is 4.74 Å². The largest absolute Gasteiger partial charge is 0.484 e. The van der Waals surface area contributed by atoms with Crippen molar-refractivity contribution in [1.29, 1.82) is 0 Å². The van der Waals surface area contributed by atoms with Crippen molar-refractivity contribution in [3.63, 3.8) is 0 Å². The number of hydrogen-bond acceptors (Lipinski definition) is 4. The van der Waals surface area contributed by atoms with Crippen LogP contribution in [0, 0.1) is 0 Å². The second kappa shape index (κ2) is 11.3. The van der Waals surface area contributed by atoms with Crippen LogP contribution < -0.4 is 10.1 Å². The zero-order valence-electron chi connectivity index (χ0n) is 18.9. The first-order chi connectivity index (χ1) is 15.5. The van der Waals surface area contributed by atoms with E-state index >= 15 is 0 Å². The smallest absolute Gasteiger partial charge is 0.258 e. The third-order valence-electron chi connectivity index (χ3n) is 5.41. The minimum Gasteiger partial charge on any atom is -0.484 e. The van der Waals surface area contributed by atoms with Gasteiger partial charge in [-0.3, -0.25) is 9.59 Å². The zero-order chi connectivity index (χ0) is 22.9. The molecule has 3 aromatic rings. The van der Waals surface area contributed by atoms with Crippen molar-refractivity contribution in [3.05, 3.63) is 101 Å². The predicted octanol–water partition coefficient (Wildman–Crippen LogP) is 4.28. The van der Waals surface area contributed by atoms with E-state index in [1.165, 1.54) is 5.56 Å². The van der Waals surface area contributed by atoms with Crippen LogP contribution in [0.15, 0.2) is 78.9 Å². The molecule has 0 aliphatic carbocycles. The molecule has 0 bridgehead atoms. The minimum atomic E-state index is -0.188. The van der Waals surface area contributed by atoms with Crippen LogP contribution in [0.4, 0.5) is 0 Å². The van der Waals surface area contributed by atoms with Crippen molar-refractivity contribution >= 4 is 11.7 Å². The van der Waals surface area contributed by atoms with E-state index in [0.29, 0.717) is 23.4 Å². The summed E-state index contributed by atoms with van der Waals surface area (Å²) >= 11 is 0. The first kappa shape index (κ1) is 23.2. The van der Waals surface area contributed by atoms with Crippen molar-refractivity contribution in [1.82, 2.24) is 10.2 Å². The van der Waals surface area contributed by atoms with E-state index in [-0.39, 0.29) is 24.3 Å². The molecule has 32 heavy (non-hydrogen) atoms. The Morgan fingerprint density at radius 2 is 1.50 bits per heavy atom. The molecule has 0 unspecified atom stereocenters. The van der Waals surface area contributed by atoms with E-state index in [0.717, 1.165) is 12.0 Å². The molecular formula is C27H30N2O3. The number of nitrogens with zero attached hydrogens (tertiary/aromatic N) is 1. The summed E-state index contributed by atoms with van der Waals surface area (Å²) in [5.74, 6) is 0.312. The molecule has 0 heterocycles. The molecule has 3 aromatic carbocycles. The molecular weight excluding hydrogens is 400 g/mol. The lowest BCUT2D eigenvalue weighted by Crippen LogP contribution is -2.36. The molecule has 0 radical (unpaired) electrons. The van der Waals surface area contributed by atoms with Crippen molar-refractivity contribution in [2.45, 2.75) is 19.4 Å². The zero-order valence-corrected chi connectivity index (χ0v) is 18.9. The van der Waals surface area contributed by atoms with Gasteiger partial charge in [-0.1, -0.05) is 61.5 Å². The van der Waals surface area contributed by atoms with E-state index in [2.05, 4.69) is 41.4 Å². The fraction of sp³-hybridized carbons (Fsp3) is 0.259. The molecule has 3 rings (SSSR count). The molecule has 0 saturated carbocycles. The number of carbonyl (C=O) groups is 2. The van der Waals surface area contributed by atoms with Crippen LogP contribution >= 0.6 is 0 Å². The van der Waals surface area contributed by atoms with Gasteiger partial charge in [0, 0.05) is 17.7 Å². The summed E-state index contributed by atoms with van der Waals surface area (Å²) in [6.45, 7) is 2.54. The number of ketones is 1. The molecule has 0 aliphatic rings. The summed E-state index contributed by atoms with van der Waals surface area (Å²) in [5, 5.41) is 2.95. The van der Waals surface area contributed by atoms with Crippen molar-refractivity contribution < 1.29 is 14.3 Å². The highest BCUT2D eigenvalue weighted by Gasteiger charge is 2.16. The number of amides is 1. The third kappa shape index (κ3) is 6.28. The number of carbonyl (C=O) groups excluding carboxylic acids is 2. The molecule has 1 atom stereocenters. The highest BCUT2D eigenvalue weighted by Crippen LogP contribution is 2.19. The summed E-state index contributed by atoms with van der Waals surface area (Å²) in [4.78, 5) is 26.9. The molecule has 1 amide bonds. The second-order valence-corrected chi connectivity index (χ2v) is 7.89. The molecule has 0 fully saturated rings. The number of hydrogen-bond donors (Lipinski definition) is 1. The Kier molecular flexibility index (Phi) is 8.17. The Hall–Kier alpha value is -3.44. The van der Waals surface area contributed by atoms with Crippen LogP contribution in [0.3, 0.4) is 0 Å². The topological polar surface area (TPSA) is 58.6 Å². The number of nitrogens with one attached hydrogen (secondary N) is 1. The number of likely N-dealkylation sites (N-methyl/N-ethyl adjacent to an activating group) is 1. The Balaban J connectivity index is 1.51. The lowest BCUT2D eigenvalue weighted by molar-refractivity contribution is -0.123. The second-order valence-electron chi connectivity index (χ2n) is 7.89. The standard InChI is InChI=1S/C27H30N2O3/c1-4-20-10-12-21(13-11-20)25(29(2)3)18-28-26(30)19-32-24-16-14-23(15-17-24)27(31)22-8-6-5-7-9-22/h5-17,25H,4,18-19H2,1-3H3,(H,28,30)/t25-/m0/s1. The summed E-state index contributed by atoms with van der Waals surface area (Å²) in [5.41, 5.74) is 3.67. The quantitative estimate of drug-likeness (QED) is 0.488. The molecule has 1 N–H and O–H groups in total. The third-order valence-corrected chi connectivity index (χ3v) is 5.41. The Bertz CT molecular complexity index is 1010. The summed E-state index contributed by atoms with van der Waals surface area (Å²) in [6.07, 6.45) is 1.00. The van der Waals surface area contributed by atoms with Gasteiger partial charge in [-0.05, 0) is 55.9 Å². The van der Waals surface area contributed by atoms with Crippen LogP contribution in [0.25, 0.3) is 0 Å². The van der Waals surface area contributed by atoms with Gasteiger partial charge in [0.25, 0.3) is 5.91 Å². The van der Waals surface area contributed by atoms with Gasteiger partial charge < -0.3 is 15.0 Å².